The quantitative estimate of drug-likeness (QED) is 0.222. The van der Waals surface area contributed by atoms with E-state index in [0.29, 0.717) is 16.8 Å². The number of phenolic OH excluding ortho intramolecular Hbond substituents is 1. The van der Waals surface area contributed by atoms with Crippen molar-refractivity contribution >= 4 is 34.4 Å². The summed E-state index contributed by atoms with van der Waals surface area (Å²) in [5.41, 5.74) is 3.08. The summed E-state index contributed by atoms with van der Waals surface area (Å²) in [5, 5.41) is 17.5. The van der Waals surface area contributed by atoms with Crippen LogP contribution in [0.25, 0.3) is 10.8 Å². The number of benzene rings is 4. The number of fused-ring (bicyclic) bond motifs is 1. The molecule has 0 aliphatic rings. The Morgan fingerprint density at radius 1 is 0.884 bits per heavy atom. The number of carbonyl (C=O) groups excluding carboxylic acids is 3. The number of aryl methyl sites for hydroxylation is 1. The Labute approximate surface area is 252 Å². The monoisotopic (exact) mass is 581 g/mol. The van der Waals surface area contributed by atoms with Crippen molar-refractivity contribution in [3.8, 4) is 5.75 Å². The molecule has 4 aromatic carbocycles. The van der Waals surface area contributed by atoms with Crippen molar-refractivity contribution in [3.05, 3.63) is 107 Å². The number of nitrogens with zero attached hydrogens (tertiary/aromatic N) is 1. The van der Waals surface area contributed by atoms with Crippen LogP contribution in [0.2, 0.25) is 0 Å². The number of rotatable bonds is 8. The molecule has 3 amide bonds. The smallest absolute Gasteiger partial charge is 0.408 e. The molecule has 0 fully saturated rings. The van der Waals surface area contributed by atoms with Crippen molar-refractivity contribution in [1.29, 1.82) is 0 Å². The molecular formula is C35H39N3O5. The number of carbonyl (C=O) groups is 3. The lowest BCUT2D eigenvalue weighted by molar-refractivity contribution is -0.139. The number of hydrogen-bond acceptors (Lipinski definition) is 5. The number of anilines is 1. The van der Waals surface area contributed by atoms with Gasteiger partial charge in [0.05, 0.1) is 0 Å². The number of likely N-dealkylation sites (N-methyl/N-ethyl adjacent to an activating group) is 1. The molecule has 8 nitrogen and oxygen atoms in total. The third-order valence-electron chi connectivity index (χ3n) is 7.31. The molecule has 0 aromatic heterocycles. The zero-order chi connectivity index (χ0) is 31.3. The average Bonchev–Trinajstić information content (AvgIpc) is 2.94. The van der Waals surface area contributed by atoms with E-state index in [9.17, 15) is 19.5 Å². The minimum absolute atomic E-state index is 0.0872. The molecule has 0 bridgehead atoms. The molecule has 3 N–H and O–H groups in total. The van der Waals surface area contributed by atoms with Crippen LogP contribution >= 0.6 is 0 Å². The van der Waals surface area contributed by atoms with Crippen LogP contribution in [0, 0.1) is 13.8 Å². The Bertz CT molecular complexity index is 1630. The molecule has 0 aliphatic carbocycles. The normalized spacial score (nSPS) is 12.7. The maximum absolute atomic E-state index is 14.2. The Morgan fingerprint density at radius 3 is 2.23 bits per heavy atom. The highest BCUT2D eigenvalue weighted by Gasteiger charge is 2.35. The lowest BCUT2D eigenvalue weighted by Gasteiger charge is -2.32. The summed E-state index contributed by atoms with van der Waals surface area (Å²) in [6, 6.07) is 23.5. The van der Waals surface area contributed by atoms with Crippen molar-refractivity contribution in [2.75, 3.05) is 12.4 Å². The van der Waals surface area contributed by atoms with Gasteiger partial charge in [0.2, 0.25) is 5.91 Å². The van der Waals surface area contributed by atoms with E-state index in [1.54, 1.807) is 40.0 Å². The first-order chi connectivity index (χ1) is 20.3. The van der Waals surface area contributed by atoms with E-state index in [1.165, 1.54) is 17.0 Å². The number of nitrogens with one attached hydrogen (secondary N) is 2. The lowest BCUT2D eigenvalue weighted by Crippen LogP contribution is -2.52. The van der Waals surface area contributed by atoms with Crippen LogP contribution in [0.15, 0.2) is 84.9 Å². The van der Waals surface area contributed by atoms with Gasteiger partial charge in [0.1, 0.15) is 23.4 Å². The van der Waals surface area contributed by atoms with Crippen LogP contribution in [-0.4, -0.2) is 46.6 Å². The second-order valence-electron chi connectivity index (χ2n) is 11.8. The number of hydrogen-bond donors (Lipinski definition) is 3. The Kier molecular flexibility index (Phi) is 9.39. The van der Waals surface area contributed by atoms with Crippen LogP contribution in [-0.2, 0) is 20.7 Å². The maximum atomic E-state index is 14.2. The Morgan fingerprint density at radius 2 is 1.56 bits per heavy atom. The van der Waals surface area contributed by atoms with Crippen molar-refractivity contribution < 1.29 is 24.2 Å². The number of ether oxygens (including phenoxy) is 1. The second kappa shape index (κ2) is 13.0. The predicted octanol–water partition coefficient (Wildman–Crippen LogP) is 6.44. The maximum Gasteiger partial charge on any atom is 0.408 e. The van der Waals surface area contributed by atoms with E-state index < -0.39 is 29.7 Å². The molecule has 0 spiro atoms. The molecule has 0 aliphatic heterocycles. The largest absolute Gasteiger partial charge is 0.508 e. The van der Waals surface area contributed by atoms with Crippen molar-refractivity contribution in [2.24, 2.45) is 0 Å². The summed E-state index contributed by atoms with van der Waals surface area (Å²) in [6.45, 7) is 9.10. The predicted molar refractivity (Wildman–Crippen MR) is 169 cm³/mol. The van der Waals surface area contributed by atoms with Gasteiger partial charge in [-0.3, -0.25) is 9.59 Å². The SMILES string of the molecule is Cc1cccc(C(C(=O)Nc2ccc3ccccc3c2)N(C)C(=O)C(Cc2ccc(O)cc2)NC(=O)OC(C)(C)C)c1C. The van der Waals surface area contributed by atoms with Crippen LogP contribution in [0.4, 0.5) is 10.5 Å². The zero-order valence-corrected chi connectivity index (χ0v) is 25.5. The van der Waals surface area contributed by atoms with Gasteiger partial charge < -0.3 is 25.4 Å². The van der Waals surface area contributed by atoms with Gasteiger partial charge in [0, 0.05) is 19.2 Å². The van der Waals surface area contributed by atoms with Crippen LogP contribution in [0.3, 0.4) is 0 Å². The molecule has 2 unspecified atom stereocenters. The fourth-order valence-corrected chi connectivity index (χ4v) is 4.96. The molecule has 43 heavy (non-hydrogen) atoms. The fraction of sp³-hybridized carbons (Fsp3) is 0.286. The van der Waals surface area contributed by atoms with Gasteiger partial charge in [-0.25, -0.2) is 4.79 Å². The second-order valence-corrected chi connectivity index (χ2v) is 11.8. The number of alkyl carbamates (subject to hydrolysis) is 1. The van der Waals surface area contributed by atoms with Gasteiger partial charge in [-0.15, -0.1) is 0 Å². The summed E-state index contributed by atoms with van der Waals surface area (Å²) >= 11 is 0. The number of aromatic hydroxyl groups is 1. The fourth-order valence-electron chi connectivity index (χ4n) is 4.96. The molecule has 224 valence electrons. The third kappa shape index (κ3) is 7.92. The third-order valence-corrected chi connectivity index (χ3v) is 7.31. The lowest BCUT2D eigenvalue weighted by atomic mass is 9.95. The van der Waals surface area contributed by atoms with Gasteiger partial charge in [-0.05, 0) is 91.9 Å². The summed E-state index contributed by atoms with van der Waals surface area (Å²) in [4.78, 5) is 42.4. The summed E-state index contributed by atoms with van der Waals surface area (Å²) in [5.74, 6) is -0.775. The van der Waals surface area contributed by atoms with E-state index in [-0.39, 0.29) is 18.1 Å². The molecule has 2 atom stereocenters. The molecular weight excluding hydrogens is 542 g/mol. The molecule has 4 aromatic rings. The summed E-state index contributed by atoms with van der Waals surface area (Å²) < 4.78 is 5.46. The van der Waals surface area contributed by atoms with Crippen molar-refractivity contribution in [1.82, 2.24) is 10.2 Å². The van der Waals surface area contributed by atoms with Crippen LogP contribution < -0.4 is 10.6 Å². The standard InChI is InChI=1S/C35H39N3O5/c1-22-10-9-13-29(23(22)2)31(32(40)36-27-17-16-25-11-7-8-12-26(25)21-27)38(6)33(41)30(37-34(42)43-35(3,4)5)20-24-14-18-28(39)19-15-24/h7-19,21,30-31,39H,20H2,1-6H3,(H,36,40)(H,37,42). The van der Waals surface area contributed by atoms with Crippen molar-refractivity contribution in [2.45, 2.75) is 58.7 Å². The average molecular weight is 582 g/mol. The van der Waals surface area contributed by atoms with Crippen LogP contribution in [0.5, 0.6) is 5.75 Å². The van der Waals surface area contributed by atoms with E-state index in [1.807, 2.05) is 74.5 Å². The molecule has 0 saturated carbocycles. The molecule has 8 heteroatoms. The first-order valence-corrected chi connectivity index (χ1v) is 14.2. The highest BCUT2D eigenvalue weighted by Crippen LogP contribution is 2.29. The van der Waals surface area contributed by atoms with Crippen molar-refractivity contribution in [3.63, 3.8) is 0 Å². The zero-order valence-electron chi connectivity index (χ0n) is 25.5. The highest BCUT2D eigenvalue weighted by molar-refractivity contribution is 6.00. The minimum atomic E-state index is -1.05. The van der Waals surface area contributed by atoms with E-state index >= 15 is 0 Å². The molecule has 0 heterocycles. The first kappa shape index (κ1) is 31.1. The number of amides is 3. The van der Waals surface area contributed by atoms with Gasteiger partial charge in [0.15, 0.2) is 0 Å². The minimum Gasteiger partial charge on any atom is -0.508 e. The van der Waals surface area contributed by atoms with E-state index in [0.717, 1.165) is 21.9 Å². The Balaban J connectivity index is 1.69. The molecule has 0 radical (unpaired) electrons. The molecule has 0 saturated heterocycles. The van der Waals surface area contributed by atoms with E-state index in [2.05, 4.69) is 10.6 Å². The summed E-state index contributed by atoms with van der Waals surface area (Å²) in [6.07, 6.45) is -0.629. The summed E-state index contributed by atoms with van der Waals surface area (Å²) in [7, 11) is 1.56. The number of phenols is 1. The first-order valence-electron chi connectivity index (χ1n) is 14.2. The van der Waals surface area contributed by atoms with Gasteiger partial charge in [-0.2, -0.15) is 0 Å². The Hall–Kier alpha value is -4.85. The van der Waals surface area contributed by atoms with E-state index in [4.69, 9.17) is 4.74 Å². The highest BCUT2D eigenvalue weighted by atomic mass is 16.6. The van der Waals surface area contributed by atoms with Gasteiger partial charge in [-0.1, -0.05) is 60.7 Å². The topological polar surface area (TPSA) is 108 Å². The van der Waals surface area contributed by atoms with Crippen LogP contribution in [0.1, 0.15) is 49.1 Å². The van der Waals surface area contributed by atoms with Gasteiger partial charge >= 0.3 is 6.09 Å². The molecule has 4 rings (SSSR count). The van der Waals surface area contributed by atoms with Gasteiger partial charge in [0.25, 0.3) is 5.91 Å².